The Bertz CT molecular complexity index is 602. The van der Waals surface area contributed by atoms with E-state index in [0.29, 0.717) is 0 Å². The number of nitro groups is 1. The van der Waals surface area contributed by atoms with E-state index in [4.69, 9.17) is 0 Å². The third kappa shape index (κ3) is 2.93. The van der Waals surface area contributed by atoms with Crippen molar-refractivity contribution in [3.05, 3.63) is 70.0 Å². The van der Waals surface area contributed by atoms with Crippen LogP contribution < -0.4 is 5.32 Å². The third-order valence-electron chi connectivity index (χ3n) is 3.11. The number of benzene rings is 2. The Balaban J connectivity index is 2.33. The van der Waals surface area contributed by atoms with E-state index in [1.807, 2.05) is 37.3 Å². The average Bonchev–Trinajstić information content (AvgIpc) is 2.45. The van der Waals surface area contributed by atoms with Crippen LogP contribution in [0.3, 0.4) is 0 Å². The topological polar surface area (TPSA) is 55.2 Å². The fraction of sp³-hybridized carbons (Fsp3) is 0.200. The maximum atomic E-state index is 13.6. The minimum absolute atomic E-state index is 0.100. The van der Waals surface area contributed by atoms with E-state index in [-0.39, 0.29) is 11.7 Å². The molecule has 0 spiro atoms. The SMILES string of the molecule is CCC(Nc1cccc(F)c1[N+](=O)[O-])c1ccccc1. The summed E-state index contributed by atoms with van der Waals surface area (Å²) >= 11 is 0. The minimum Gasteiger partial charge on any atom is -0.373 e. The summed E-state index contributed by atoms with van der Waals surface area (Å²) in [5, 5.41) is 14.0. The van der Waals surface area contributed by atoms with Crippen molar-refractivity contribution in [2.24, 2.45) is 0 Å². The van der Waals surface area contributed by atoms with Crippen LogP contribution in [0.15, 0.2) is 48.5 Å². The van der Waals surface area contributed by atoms with Crippen LogP contribution in [0.25, 0.3) is 0 Å². The number of hydrogen-bond acceptors (Lipinski definition) is 3. The van der Waals surface area contributed by atoms with Crippen LogP contribution >= 0.6 is 0 Å². The van der Waals surface area contributed by atoms with Crippen LogP contribution in [-0.4, -0.2) is 4.92 Å². The Kier molecular flexibility index (Phi) is 4.30. The van der Waals surface area contributed by atoms with Gasteiger partial charge in [0.25, 0.3) is 0 Å². The van der Waals surface area contributed by atoms with Gasteiger partial charge < -0.3 is 5.32 Å². The van der Waals surface area contributed by atoms with Crippen LogP contribution in [0, 0.1) is 15.9 Å². The Labute approximate surface area is 116 Å². The van der Waals surface area contributed by atoms with E-state index < -0.39 is 16.4 Å². The monoisotopic (exact) mass is 274 g/mol. The molecule has 0 bridgehead atoms. The van der Waals surface area contributed by atoms with Gasteiger partial charge in [-0.15, -0.1) is 0 Å². The van der Waals surface area contributed by atoms with Gasteiger partial charge in [-0.25, -0.2) is 0 Å². The van der Waals surface area contributed by atoms with Gasteiger partial charge in [0.05, 0.1) is 11.0 Å². The molecule has 0 aromatic heterocycles. The fourth-order valence-corrected chi connectivity index (χ4v) is 2.11. The van der Waals surface area contributed by atoms with Crippen LogP contribution in [0.2, 0.25) is 0 Å². The van der Waals surface area contributed by atoms with Crippen LogP contribution in [0.5, 0.6) is 0 Å². The van der Waals surface area contributed by atoms with Crippen molar-refractivity contribution in [3.63, 3.8) is 0 Å². The quantitative estimate of drug-likeness (QED) is 0.653. The summed E-state index contributed by atoms with van der Waals surface area (Å²) in [6.45, 7) is 1.97. The van der Waals surface area contributed by atoms with E-state index in [0.717, 1.165) is 18.1 Å². The number of nitro benzene ring substituents is 1. The number of rotatable bonds is 5. The predicted molar refractivity (Wildman–Crippen MR) is 76.2 cm³/mol. The van der Waals surface area contributed by atoms with E-state index in [9.17, 15) is 14.5 Å². The molecule has 2 aromatic carbocycles. The van der Waals surface area contributed by atoms with Gasteiger partial charge in [-0.1, -0.05) is 43.3 Å². The van der Waals surface area contributed by atoms with Crippen molar-refractivity contribution in [3.8, 4) is 0 Å². The molecule has 2 rings (SSSR count). The summed E-state index contributed by atoms with van der Waals surface area (Å²) in [5.74, 6) is -0.831. The van der Waals surface area contributed by atoms with Gasteiger partial charge in [0.2, 0.25) is 5.82 Å². The summed E-state index contributed by atoms with van der Waals surface area (Å²) < 4.78 is 13.6. The molecular formula is C15H15FN2O2. The van der Waals surface area contributed by atoms with Gasteiger partial charge >= 0.3 is 5.69 Å². The zero-order chi connectivity index (χ0) is 14.5. The smallest absolute Gasteiger partial charge is 0.327 e. The Morgan fingerprint density at radius 3 is 2.50 bits per heavy atom. The highest BCUT2D eigenvalue weighted by Crippen LogP contribution is 2.31. The van der Waals surface area contributed by atoms with Gasteiger partial charge in [0.1, 0.15) is 5.69 Å². The highest BCUT2D eigenvalue weighted by Gasteiger charge is 2.21. The van der Waals surface area contributed by atoms with Crippen molar-refractivity contribution in [1.82, 2.24) is 0 Å². The molecule has 0 radical (unpaired) electrons. The van der Waals surface area contributed by atoms with E-state index in [2.05, 4.69) is 5.32 Å². The molecule has 104 valence electrons. The second-order valence-corrected chi connectivity index (χ2v) is 4.41. The molecule has 0 saturated heterocycles. The van der Waals surface area contributed by atoms with Gasteiger partial charge in [0, 0.05) is 0 Å². The minimum atomic E-state index is -0.831. The highest BCUT2D eigenvalue weighted by molar-refractivity contribution is 5.62. The summed E-state index contributed by atoms with van der Waals surface area (Å²) in [4.78, 5) is 10.3. The van der Waals surface area contributed by atoms with Crippen LogP contribution in [0.1, 0.15) is 24.9 Å². The van der Waals surface area contributed by atoms with Gasteiger partial charge in [0.15, 0.2) is 0 Å². The standard InChI is InChI=1S/C15H15FN2O2/c1-2-13(11-7-4-3-5-8-11)17-14-10-6-9-12(16)15(14)18(19)20/h3-10,13,17H,2H2,1H3. The molecule has 0 fully saturated rings. The molecule has 0 aliphatic carbocycles. The van der Waals surface area contributed by atoms with Crippen molar-refractivity contribution >= 4 is 11.4 Å². The lowest BCUT2D eigenvalue weighted by Crippen LogP contribution is -2.11. The summed E-state index contributed by atoms with van der Waals surface area (Å²) in [6, 6.07) is 13.6. The van der Waals surface area contributed by atoms with Crippen molar-refractivity contribution < 1.29 is 9.31 Å². The molecule has 5 heteroatoms. The zero-order valence-electron chi connectivity index (χ0n) is 11.0. The molecule has 20 heavy (non-hydrogen) atoms. The number of nitrogens with zero attached hydrogens (tertiary/aromatic N) is 1. The maximum Gasteiger partial charge on any atom is 0.327 e. The zero-order valence-corrected chi connectivity index (χ0v) is 11.0. The highest BCUT2D eigenvalue weighted by atomic mass is 19.1. The summed E-state index contributed by atoms with van der Waals surface area (Å²) in [7, 11) is 0. The number of nitrogens with one attached hydrogen (secondary N) is 1. The lowest BCUT2D eigenvalue weighted by molar-refractivity contribution is -0.386. The molecular weight excluding hydrogens is 259 g/mol. The first kappa shape index (κ1) is 14.0. The lowest BCUT2D eigenvalue weighted by Gasteiger charge is -2.18. The summed E-state index contributed by atoms with van der Waals surface area (Å²) in [6.07, 6.45) is 0.734. The molecule has 0 amide bonds. The van der Waals surface area contributed by atoms with Gasteiger partial charge in [-0.05, 0) is 24.1 Å². The molecule has 1 atom stereocenters. The molecule has 2 aromatic rings. The lowest BCUT2D eigenvalue weighted by atomic mass is 10.0. The molecule has 0 saturated carbocycles. The third-order valence-corrected chi connectivity index (χ3v) is 3.11. The first-order valence-electron chi connectivity index (χ1n) is 6.38. The maximum absolute atomic E-state index is 13.6. The van der Waals surface area contributed by atoms with Crippen molar-refractivity contribution in [1.29, 1.82) is 0 Å². The molecule has 0 aliphatic heterocycles. The molecule has 1 N–H and O–H groups in total. The Morgan fingerprint density at radius 2 is 1.90 bits per heavy atom. The normalized spacial score (nSPS) is 11.9. The summed E-state index contributed by atoms with van der Waals surface area (Å²) in [5.41, 5.74) is 0.696. The fourth-order valence-electron chi connectivity index (χ4n) is 2.11. The van der Waals surface area contributed by atoms with Gasteiger partial charge in [-0.3, -0.25) is 10.1 Å². The molecule has 1 unspecified atom stereocenters. The number of hydrogen-bond donors (Lipinski definition) is 1. The largest absolute Gasteiger partial charge is 0.373 e. The molecule has 0 aliphatic rings. The van der Waals surface area contributed by atoms with E-state index in [1.165, 1.54) is 12.1 Å². The number of para-hydroxylation sites is 1. The van der Waals surface area contributed by atoms with Crippen molar-refractivity contribution in [2.45, 2.75) is 19.4 Å². The number of halogens is 1. The molecule has 4 nitrogen and oxygen atoms in total. The van der Waals surface area contributed by atoms with Crippen molar-refractivity contribution in [2.75, 3.05) is 5.32 Å². The van der Waals surface area contributed by atoms with Gasteiger partial charge in [-0.2, -0.15) is 4.39 Å². The van der Waals surface area contributed by atoms with E-state index >= 15 is 0 Å². The second-order valence-electron chi connectivity index (χ2n) is 4.41. The van der Waals surface area contributed by atoms with Crippen LogP contribution in [0.4, 0.5) is 15.8 Å². The first-order chi connectivity index (χ1) is 9.63. The second kappa shape index (κ2) is 6.14. The Hall–Kier alpha value is -2.43. The number of anilines is 1. The van der Waals surface area contributed by atoms with Crippen LogP contribution in [-0.2, 0) is 0 Å². The molecule has 0 heterocycles. The predicted octanol–water partition coefficient (Wildman–Crippen LogP) is 4.30. The van der Waals surface area contributed by atoms with E-state index in [1.54, 1.807) is 0 Å². The Morgan fingerprint density at radius 1 is 1.20 bits per heavy atom. The average molecular weight is 274 g/mol. The first-order valence-corrected chi connectivity index (χ1v) is 6.38.